The summed E-state index contributed by atoms with van der Waals surface area (Å²) in [4.78, 5) is 15.7. The minimum absolute atomic E-state index is 0.516. The van der Waals surface area contributed by atoms with E-state index in [0.717, 1.165) is 17.2 Å². The van der Waals surface area contributed by atoms with E-state index >= 15 is 0 Å². The fourth-order valence-electron chi connectivity index (χ4n) is 2.55. The molecule has 2 heterocycles. The first-order valence-electron chi connectivity index (χ1n) is 8.45. The van der Waals surface area contributed by atoms with E-state index < -0.39 is 18.6 Å². The summed E-state index contributed by atoms with van der Waals surface area (Å²) in [6.45, 7) is -0.860. The SMILES string of the molecule is O=C(C=Cc1cn(Cc2ccccc2)nc1-c1cccnc1)NCC(F)(F)F. The Kier molecular flexibility index (Phi) is 5.88. The number of nitrogens with one attached hydrogen (secondary N) is 1. The highest BCUT2D eigenvalue weighted by Crippen LogP contribution is 2.23. The van der Waals surface area contributed by atoms with Crippen LogP contribution in [-0.2, 0) is 11.3 Å². The third kappa shape index (κ3) is 5.54. The lowest BCUT2D eigenvalue weighted by molar-refractivity contribution is -0.135. The van der Waals surface area contributed by atoms with Gasteiger partial charge in [-0.25, -0.2) is 0 Å². The highest BCUT2D eigenvalue weighted by molar-refractivity contribution is 5.92. The highest BCUT2D eigenvalue weighted by Gasteiger charge is 2.27. The van der Waals surface area contributed by atoms with E-state index in [-0.39, 0.29) is 0 Å². The van der Waals surface area contributed by atoms with Crippen LogP contribution in [0.25, 0.3) is 17.3 Å². The molecule has 0 fully saturated rings. The van der Waals surface area contributed by atoms with Crippen molar-refractivity contribution in [3.05, 3.63) is 78.3 Å². The number of carbonyl (C=O) groups excluding carboxylic acids is 1. The summed E-state index contributed by atoms with van der Waals surface area (Å²) >= 11 is 0. The number of hydrogen-bond acceptors (Lipinski definition) is 3. The van der Waals surface area contributed by atoms with E-state index in [1.807, 2.05) is 41.7 Å². The Morgan fingerprint density at radius 2 is 1.93 bits per heavy atom. The third-order valence-electron chi connectivity index (χ3n) is 3.79. The predicted molar refractivity (Wildman–Crippen MR) is 99.1 cm³/mol. The van der Waals surface area contributed by atoms with Crippen LogP contribution in [0.4, 0.5) is 13.2 Å². The number of pyridine rings is 1. The fraction of sp³-hybridized carbons (Fsp3) is 0.150. The zero-order chi connectivity index (χ0) is 20.0. The van der Waals surface area contributed by atoms with Gasteiger partial charge < -0.3 is 5.32 Å². The number of halogens is 3. The molecule has 0 bridgehead atoms. The highest BCUT2D eigenvalue weighted by atomic mass is 19.4. The molecular formula is C20H17F3N4O. The molecule has 1 N–H and O–H groups in total. The zero-order valence-electron chi connectivity index (χ0n) is 14.7. The number of carbonyl (C=O) groups is 1. The molecule has 3 aromatic rings. The van der Waals surface area contributed by atoms with Crippen molar-refractivity contribution in [3.63, 3.8) is 0 Å². The summed E-state index contributed by atoms with van der Waals surface area (Å²) in [5.41, 5.74) is 2.97. The van der Waals surface area contributed by atoms with Crippen LogP contribution in [0.3, 0.4) is 0 Å². The van der Waals surface area contributed by atoms with Gasteiger partial charge in [0.1, 0.15) is 12.2 Å². The zero-order valence-corrected chi connectivity index (χ0v) is 14.7. The molecule has 0 unspecified atom stereocenters. The van der Waals surface area contributed by atoms with E-state index in [4.69, 9.17) is 0 Å². The molecule has 8 heteroatoms. The second kappa shape index (κ2) is 8.51. The Bertz CT molecular complexity index is 951. The smallest absolute Gasteiger partial charge is 0.343 e. The molecule has 0 spiro atoms. The van der Waals surface area contributed by atoms with Gasteiger partial charge in [-0.2, -0.15) is 18.3 Å². The summed E-state index contributed by atoms with van der Waals surface area (Å²) in [6.07, 6.45) is 3.06. The van der Waals surface area contributed by atoms with Crippen LogP contribution in [0.5, 0.6) is 0 Å². The molecule has 0 saturated carbocycles. The van der Waals surface area contributed by atoms with Crippen LogP contribution < -0.4 is 5.32 Å². The number of rotatable bonds is 6. The van der Waals surface area contributed by atoms with E-state index in [0.29, 0.717) is 17.8 Å². The number of aromatic nitrogens is 3. The largest absolute Gasteiger partial charge is 0.405 e. The molecule has 1 amide bonds. The summed E-state index contributed by atoms with van der Waals surface area (Å²) < 4.78 is 38.4. The van der Waals surface area contributed by atoms with E-state index in [9.17, 15) is 18.0 Å². The predicted octanol–water partition coefficient (Wildman–Crippen LogP) is 3.69. The van der Waals surface area contributed by atoms with Gasteiger partial charge in [-0.1, -0.05) is 30.3 Å². The lowest BCUT2D eigenvalue weighted by atomic mass is 10.1. The van der Waals surface area contributed by atoms with Crippen molar-refractivity contribution in [2.45, 2.75) is 12.7 Å². The maximum atomic E-state index is 12.2. The second-order valence-electron chi connectivity index (χ2n) is 6.02. The summed E-state index contributed by atoms with van der Waals surface area (Å²) in [5, 5.41) is 6.36. The van der Waals surface area contributed by atoms with Crippen molar-refractivity contribution in [3.8, 4) is 11.3 Å². The molecule has 1 aromatic carbocycles. The van der Waals surface area contributed by atoms with Crippen molar-refractivity contribution >= 4 is 12.0 Å². The molecule has 0 saturated heterocycles. The van der Waals surface area contributed by atoms with Gasteiger partial charge in [-0.3, -0.25) is 14.5 Å². The topological polar surface area (TPSA) is 59.8 Å². The first-order chi connectivity index (χ1) is 13.4. The van der Waals surface area contributed by atoms with Gasteiger partial charge >= 0.3 is 6.18 Å². The lowest BCUT2D eigenvalue weighted by Crippen LogP contribution is -2.32. The Morgan fingerprint density at radius 1 is 1.14 bits per heavy atom. The van der Waals surface area contributed by atoms with Crippen LogP contribution in [0.15, 0.2) is 67.1 Å². The standard InChI is InChI=1S/C20H17F3N4O/c21-20(22,23)14-25-18(28)9-8-17-13-27(12-15-5-2-1-3-6-15)26-19(17)16-7-4-10-24-11-16/h1-11,13H,12,14H2,(H,25,28). The molecule has 0 aliphatic heterocycles. The van der Waals surface area contributed by atoms with Crippen LogP contribution in [0.2, 0.25) is 0 Å². The van der Waals surface area contributed by atoms with Gasteiger partial charge in [0.15, 0.2) is 0 Å². The second-order valence-corrected chi connectivity index (χ2v) is 6.02. The minimum atomic E-state index is -4.45. The Morgan fingerprint density at radius 3 is 2.61 bits per heavy atom. The molecule has 0 aliphatic carbocycles. The average Bonchev–Trinajstić information content (AvgIpc) is 3.08. The number of amides is 1. The van der Waals surface area contributed by atoms with Gasteiger partial charge in [-0.15, -0.1) is 0 Å². The van der Waals surface area contributed by atoms with Crippen LogP contribution >= 0.6 is 0 Å². The molecule has 0 aliphatic rings. The van der Waals surface area contributed by atoms with Crippen LogP contribution in [-0.4, -0.2) is 33.4 Å². The molecular weight excluding hydrogens is 369 g/mol. The molecule has 0 atom stereocenters. The first kappa shape index (κ1) is 19.3. The fourth-order valence-corrected chi connectivity index (χ4v) is 2.55. The Balaban J connectivity index is 1.84. The van der Waals surface area contributed by atoms with E-state index in [1.165, 1.54) is 6.08 Å². The molecule has 3 rings (SSSR count). The molecule has 2 aromatic heterocycles. The summed E-state index contributed by atoms with van der Waals surface area (Å²) in [5.74, 6) is -0.828. The summed E-state index contributed by atoms with van der Waals surface area (Å²) in [6, 6.07) is 13.3. The lowest BCUT2D eigenvalue weighted by Gasteiger charge is -2.05. The van der Waals surface area contributed by atoms with Gasteiger partial charge in [-0.05, 0) is 23.8 Å². The summed E-state index contributed by atoms with van der Waals surface area (Å²) in [7, 11) is 0. The first-order valence-corrected chi connectivity index (χ1v) is 8.45. The molecule has 5 nitrogen and oxygen atoms in total. The quantitative estimate of drug-likeness (QED) is 0.658. The van der Waals surface area contributed by atoms with Crippen LogP contribution in [0.1, 0.15) is 11.1 Å². The van der Waals surface area contributed by atoms with Crippen molar-refractivity contribution in [1.29, 1.82) is 0 Å². The Hall–Kier alpha value is -3.42. The van der Waals surface area contributed by atoms with Crippen molar-refractivity contribution in [1.82, 2.24) is 20.1 Å². The maximum Gasteiger partial charge on any atom is 0.405 e. The monoisotopic (exact) mass is 386 g/mol. The van der Waals surface area contributed by atoms with Crippen LogP contribution in [0, 0.1) is 0 Å². The van der Waals surface area contributed by atoms with E-state index in [2.05, 4.69) is 10.1 Å². The average molecular weight is 386 g/mol. The van der Waals surface area contributed by atoms with Gasteiger partial charge in [0.2, 0.25) is 5.91 Å². The number of hydrogen-bond donors (Lipinski definition) is 1. The van der Waals surface area contributed by atoms with Gasteiger partial charge in [0.05, 0.1) is 6.54 Å². The molecule has 0 radical (unpaired) electrons. The maximum absolute atomic E-state index is 12.2. The van der Waals surface area contributed by atoms with Crippen molar-refractivity contribution in [2.24, 2.45) is 0 Å². The van der Waals surface area contributed by atoms with Gasteiger partial charge in [0.25, 0.3) is 0 Å². The molecule has 144 valence electrons. The number of benzene rings is 1. The van der Waals surface area contributed by atoms with Crippen molar-refractivity contribution in [2.75, 3.05) is 6.54 Å². The van der Waals surface area contributed by atoms with E-state index in [1.54, 1.807) is 29.3 Å². The van der Waals surface area contributed by atoms with Gasteiger partial charge in [0, 0.05) is 35.8 Å². The Labute approximate surface area is 159 Å². The normalized spacial score (nSPS) is 11.7. The van der Waals surface area contributed by atoms with Crippen molar-refractivity contribution < 1.29 is 18.0 Å². The number of alkyl halides is 3. The number of nitrogens with zero attached hydrogens (tertiary/aromatic N) is 3. The minimum Gasteiger partial charge on any atom is -0.343 e. The molecule has 28 heavy (non-hydrogen) atoms. The third-order valence-corrected chi connectivity index (χ3v) is 3.79.